The number of likely N-dealkylation sites (N-methyl/N-ethyl adjacent to an activating group) is 1. The summed E-state index contributed by atoms with van der Waals surface area (Å²) >= 11 is 4.13. The average Bonchev–Trinajstić information content (AvgIpc) is 3.37. The molecule has 3 nitrogen and oxygen atoms in total. The highest BCUT2D eigenvalue weighted by Crippen LogP contribution is 2.56. The quantitative estimate of drug-likeness (QED) is 0.423. The average molecular weight is 478 g/mol. The number of ether oxygens (including phenoxy) is 2. The van der Waals surface area contributed by atoms with Crippen LogP contribution in [0.25, 0.3) is 0 Å². The molecule has 0 aromatic heterocycles. The second kappa shape index (κ2) is 9.65. The molecule has 0 amide bonds. The molecule has 1 fully saturated rings. The fraction of sp³-hybridized carbons (Fsp3) is 0.357. The molecule has 172 valence electrons. The molecule has 33 heavy (non-hydrogen) atoms. The lowest BCUT2D eigenvalue weighted by Crippen LogP contribution is -2.33. The minimum Gasteiger partial charge on any atom is -0.493 e. The van der Waals surface area contributed by atoms with Gasteiger partial charge in [-0.3, -0.25) is 4.90 Å². The van der Waals surface area contributed by atoms with Gasteiger partial charge in [0.2, 0.25) is 0 Å². The normalized spacial score (nSPS) is 19.8. The smallest absolute Gasteiger partial charge is 0.161 e. The number of thioether (sulfide) groups is 2. The van der Waals surface area contributed by atoms with Crippen LogP contribution in [0, 0.1) is 0 Å². The van der Waals surface area contributed by atoms with Gasteiger partial charge in [0.05, 0.1) is 14.2 Å². The van der Waals surface area contributed by atoms with E-state index in [-0.39, 0.29) is 4.08 Å². The fourth-order valence-electron chi connectivity index (χ4n) is 5.07. The molecule has 1 saturated heterocycles. The first-order chi connectivity index (χ1) is 16.1. The van der Waals surface area contributed by atoms with Gasteiger partial charge in [-0.15, -0.1) is 23.5 Å². The molecule has 1 unspecified atom stereocenters. The van der Waals surface area contributed by atoms with Gasteiger partial charge in [0.25, 0.3) is 0 Å². The summed E-state index contributed by atoms with van der Waals surface area (Å²) in [5.74, 6) is 4.01. The predicted octanol–water partition coefficient (Wildman–Crippen LogP) is 6.16. The Kier molecular flexibility index (Phi) is 6.64. The summed E-state index contributed by atoms with van der Waals surface area (Å²) in [6.45, 7) is 1.05. The number of hydrogen-bond acceptors (Lipinski definition) is 5. The maximum Gasteiger partial charge on any atom is 0.161 e. The minimum atomic E-state index is 0.0118. The lowest BCUT2D eigenvalue weighted by molar-refractivity contribution is 0.228. The second-order valence-electron chi connectivity index (χ2n) is 8.73. The van der Waals surface area contributed by atoms with Crippen molar-refractivity contribution in [1.82, 2.24) is 4.90 Å². The molecule has 0 spiro atoms. The van der Waals surface area contributed by atoms with E-state index >= 15 is 0 Å². The van der Waals surface area contributed by atoms with Crippen LogP contribution in [0.4, 0.5) is 0 Å². The monoisotopic (exact) mass is 477 g/mol. The van der Waals surface area contributed by atoms with Crippen LogP contribution in [0.15, 0.2) is 66.7 Å². The Bertz CT molecular complexity index is 1090. The number of benzene rings is 3. The number of nitrogens with zero attached hydrogens (tertiary/aromatic N) is 1. The first-order valence-corrected chi connectivity index (χ1v) is 13.5. The molecule has 0 aliphatic carbocycles. The van der Waals surface area contributed by atoms with E-state index in [0.29, 0.717) is 6.04 Å². The highest BCUT2D eigenvalue weighted by Gasteiger charge is 2.39. The summed E-state index contributed by atoms with van der Waals surface area (Å²) in [7, 11) is 5.66. The van der Waals surface area contributed by atoms with Crippen LogP contribution in [-0.2, 0) is 16.9 Å². The minimum absolute atomic E-state index is 0.0118. The summed E-state index contributed by atoms with van der Waals surface area (Å²) < 4.78 is 11.2. The Morgan fingerprint density at radius 3 is 2.18 bits per heavy atom. The molecule has 0 saturated carbocycles. The standard InChI is InChI=1S/C28H31NO2S2/c1-29-14-13-21-18-26(30-2)27(31-3)19-24(21)25(29)17-20-9-11-23(12-10-20)28(32-15-16-33-28)22-7-5-4-6-8-22/h4-12,18-19,25H,13-17H2,1-3H3. The van der Waals surface area contributed by atoms with Crippen molar-refractivity contribution in [1.29, 1.82) is 0 Å². The van der Waals surface area contributed by atoms with Crippen molar-refractivity contribution in [2.24, 2.45) is 0 Å². The second-order valence-corrected chi connectivity index (χ2v) is 11.6. The molecule has 3 aromatic carbocycles. The first-order valence-electron chi connectivity index (χ1n) is 11.5. The van der Waals surface area contributed by atoms with Gasteiger partial charge in [-0.25, -0.2) is 0 Å². The lowest BCUT2D eigenvalue weighted by atomic mass is 9.88. The van der Waals surface area contributed by atoms with E-state index in [1.807, 2.05) is 0 Å². The van der Waals surface area contributed by atoms with E-state index in [1.54, 1.807) is 14.2 Å². The van der Waals surface area contributed by atoms with Crippen LogP contribution in [0.5, 0.6) is 11.5 Å². The Hall–Kier alpha value is -2.08. The summed E-state index contributed by atoms with van der Waals surface area (Å²) in [6.07, 6.45) is 2.02. The van der Waals surface area contributed by atoms with Crippen molar-refractivity contribution in [3.05, 3.63) is 94.5 Å². The van der Waals surface area contributed by atoms with Gasteiger partial charge in [0.1, 0.15) is 4.08 Å². The number of hydrogen-bond donors (Lipinski definition) is 0. The van der Waals surface area contributed by atoms with Crippen LogP contribution >= 0.6 is 23.5 Å². The molecule has 0 radical (unpaired) electrons. The summed E-state index contributed by atoms with van der Waals surface area (Å²) in [4.78, 5) is 2.47. The summed E-state index contributed by atoms with van der Waals surface area (Å²) in [5.41, 5.74) is 6.89. The number of methoxy groups -OCH3 is 2. The van der Waals surface area contributed by atoms with Crippen molar-refractivity contribution < 1.29 is 9.47 Å². The molecular weight excluding hydrogens is 446 g/mol. The lowest BCUT2D eigenvalue weighted by Gasteiger charge is -2.35. The van der Waals surface area contributed by atoms with Crippen LogP contribution in [0.1, 0.15) is 33.9 Å². The molecule has 1 atom stereocenters. The number of fused-ring (bicyclic) bond motifs is 1. The Balaban J connectivity index is 1.43. The highest BCUT2D eigenvalue weighted by atomic mass is 32.2. The molecule has 2 aliphatic heterocycles. The van der Waals surface area contributed by atoms with Crippen molar-refractivity contribution in [2.75, 3.05) is 39.3 Å². The molecule has 2 aliphatic rings. The summed E-state index contributed by atoms with van der Waals surface area (Å²) in [6, 6.07) is 25.0. The maximum atomic E-state index is 5.61. The summed E-state index contributed by atoms with van der Waals surface area (Å²) in [5, 5.41) is 0. The van der Waals surface area contributed by atoms with E-state index in [1.165, 1.54) is 39.3 Å². The molecule has 3 aromatic rings. The van der Waals surface area contributed by atoms with Crippen molar-refractivity contribution in [3.8, 4) is 11.5 Å². The topological polar surface area (TPSA) is 21.7 Å². The third-order valence-corrected chi connectivity index (χ3v) is 10.4. The molecule has 0 N–H and O–H groups in total. The highest BCUT2D eigenvalue weighted by molar-refractivity contribution is 8.20. The zero-order valence-corrected chi connectivity index (χ0v) is 21.2. The van der Waals surface area contributed by atoms with Crippen LogP contribution in [0.2, 0.25) is 0 Å². The zero-order valence-electron chi connectivity index (χ0n) is 19.5. The van der Waals surface area contributed by atoms with E-state index < -0.39 is 0 Å². The third-order valence-electron chi connectivity index (χ3n) is 6.88. The van der Waals surface area contributed by atoms with E-state index in [0.717, 1.165) is 30.9 Å². The fourth-order valence-corrected chi connectivity index (χ4v) is 8.36. The third kappa shape index (κ3) is 4.27. The van der Waals surface area contributed by atoms with E-state index in [9.17, 15) is 0 Å². The SMILES string of the molecule is COc1cc2c(cc1OC)C(Cc1ccc(C3(c4ccccc4)SCCS3)cc1)N(C)CC2. The van der Waals surface area contributed by atoms with Crippen LogP contribution in [-0.4, -0.2) is 44.2 Å². The van der Waals surface area contributed by atoms with Gasteiger partial charge >= 0.3 is 0 Å². The van der Waals surface area contributed by atoms with Gasteiger partial charge < -0.3 is 9.47 Å². The Morgan fingerprint density at radius 1 is 0.879 bits per heavy atom. The van der Waals surface area contributed by atoms with Crippen molar-refractivity contribution in [2.45, 2.75) is 23.0 Å². The van der Waals surface area contributed by atoms with Gasteiger partial charge in [0.15, 0.2) is 11.5 Å². The van der Waals surface area contributed by atoms with Crippen molar-refractivity contribution >= 4 is 23.5 Å². The molecule has 2 heterocycles. The molecule has 5 heteroatoms. The number of rotatable bonds is 6. The first kappa shape index (κ1) is 22.7. The van der Waals surface area contributed by atoms with Gasteiger partial charge in [0, 0.05) is 24.1 Å². The van der Waals surface area contributed by atoms with Crippen LogP contribution in [0.3, 0.4) is 0 Å². The van der Waals surface area contributed by atoms with Gasteiger partial charge in [-0.1, -0.05) is 54.6 Å². The maximum absolute atomic E-state index is 5.61. The molecule has 5 rings (SSSR count). The predicted molar refractivity (Wildman–Crippen MR) is 141 cm³/mol. The van der Waals surface area contributed by atoms with Gasteiger partial charge in [-0.05, 0) is 59.8 Å². The van der Waals surface area contributed by atoms with Crippen molar-refractivity contribution in [3.63, 3.8) is 0 Å². The van der Waals surface area contributed by atoms with Gasteiger partial charge in [-0.2, -0.15) is 0 Å². The van der Waals surface area contributed by atoms with E-state index in [4.69, 9.17) is 9.47 Å². The van der Waals surface area contributed by atoms with E-state index in [2.05, 4.69) is 102 Å². The largest absolute Gasteiger partial charge is 0.493 e. The zero-order chi connectivity index (χ0) is 22.8. The van der Waals surface area contributed by atoms with Crippen LogP contribution < -0.4 is 9.47 Å². The Labute approximate surface area is 205 Å². The Morgan fingerprint density at radius 2 is 1.52 bits per heavy atom. The molecule has 0 bridgehead atoms. The molecular formula is C28H31NO2S2.